The predicted octanol–water partition coefficient (Wildman–Crippen LogP) is 5.04. The number of amides is 1. The van der Waals surface area contributed by atoms with E-state index in [0.29, 0.717) is 48.0 Å². The van der Waals surface area contributed by atoms with E-state index in [-0.39, 0.29) is 29.2 Å². The molecule has 0 unspecified atom stereocenters. The van der Waals surface area contributed by atoms with Crippen LogP contribution < -0.4 is 5.32 Å². The molecule has 2 heterocycles. The van der Waals surface area contributed by atoms with Crippen LogP contribution in [-0.2, 0) is 23.9 Å². The number of carbonyl (C=O) groups is 2. The number of halogens is 3. The van der Waals surface area contributed by atoms with Crippen LogP contribution in [0.5, 0.6) is 0 Å². The fourth-order valence-corrected chi connectivity index (χ4v) is 6.08. The van der Waals surface area contributed by atoms with Crippen molar-refractivity contribution in [3.8, 4) is 0 Å². The number of hydrogen-bond acceptors (Lipinski definition) is 3. The molecule has 0 aliphatic heterocycles. The molecule has 2 aromatic heterocycles. The van der Waals surface area contributed by atoms with Gasteiger partial charge in [0.05, 0.1) is 17.5 Å². The summed E-state index contributed by atoms with van der Waals surface area (Å²) < 4.78 is 40.7. The molecule has 3 saturated carbocycles. The smallest absolute Gasteiger partial charge is 0.416 e. The van der Waals surface area contributed by atoms with Crippen LogP contribution in [0.2, 0.25) is 0 Å². The van der Waals surface area contributed by atoms with Gasteiger partial charge in [-0.05, 0) is 66.8 Å². The maximum absolute atomic E-state index is 13.5. The van der Waals surface area contributed by atoms with Crippen LogP contribution in [0.15, 0.2) is 42.7 Å². The number of pyridine rings is 1. The first-order chi connectivity index (χ1) is 16.5. The van der Waals surface area contributed by atoms with Crippen LogP contribution in [0.1, 0.15) is 60.2 Å². The number of benzene rings is 1. The molecule has 3 aliphatic carbocycles. The Kier molecular flexibility index (Phi) is 5.23. The molecule has 6 nitrogen and oxygen atoms in total. The van der Waals surface area contributed by atoms with Crippen LogP contribution >= 0.6 is 0 Å². The van der Waals surface area contributed by atoms with E-state index < -0.39 is 17.7 Å². The van der Waals surface area contributed by atoms with Crippen LogP contribution in [0.25, 0.3) is 11.0 Å². The molecule has 0 spiro atoms. The number of alkyl halides is 3. The van der Waals surface area contributed by atoms with Gasteiger partial charge < -0.3 is 15.0 Å². The quantitative estimate of drug-likeness (QED) is 0.491. The summed E-state index contributed by atoms with van der Waals surface area (Å²) in [5, 5.41) is 13.1. The van der Waals surface area contributed by atoms with E-state index >= 15 is 0 Å². The first-order valence-electron chi connectivity index (χ1n) is 11.7. The molecule has 3 aromatic rings. The van der Waals surface area contributed by atoms with E-state index in [1.165, 1.54) is 12.1 Å². The minimum Gasteiger partial charge on any atom is -0.481 e. The highest BCUT2D eigenvalue weighted by Crippen LogP contribution is 2.72. The van der Waals surface area contributed by atoms with Gasteiger partial charge in [-0.3, -0.25) is 9.59 Å². The molecule has 1 atom stereocenters. The van der Waals surface area contributed by atoms with Gasteiger partial charge >= 0.3 is 12.1 Å². The third-order valence-corrected chi connectivity index (χ3v) is 8.05. The van der Waals surface area contributed by atoms with Gasteiger partial charge in [-0.1, -0.05) is 19.1 Å². The second kappa shape index (κ2) is 7.83. The van der Waals surface area contributed by atoms with E-state index in [2.05, 4.69) is 10.3 Å². The molecule has 6 rings (SSSR count). The lowest BCUT2D eigenvalue weighted by Crippen LogP contribution is -2.81. The van der Waals surface area contributed by atoms with Crippen molar-refractivity contribution in [2.45, 2.75) is 57.8 Å². The van der Waals surface area contributed by atoms with Gasteiger partial charge in [-0.25, -0.2) is 4.98 Å². The third-order valence-electron chi connectivity index (χ3n) is 8.05. The standard InChI is InChI=1S/C26H26F3N3O3/c1-3-32-12-19(23(35)31-25-13-24(14-25,15(25)2)11-20(33)34)21-17(8-9-30-22(21)32)10-16-4-6-18(7-5-16)26(27,28)29/h4-9,12,15H,3,10-11,13-14H2,1-2H3,(H,31,35)(H,33,34)/t15-,24?,25?/m0/s1. The SMILES string of the molecule is CCn1cc(C(=O)NC23CC(CC(=O)O)(C2)[C@@H]3C)c2c(Cc3ccc(C(F)(F)F)cc3)ccnc21. The Balaban J connectivity index is 1.44. The summed E-state index contributed by atoms with van der Waals surface area (Å²) in [5.74, 6) is -0.972. The Bertz CT molecular complexity index is 1320. The number of nitrogens with zero attached hydrogens (tertiary/aromatic N) is 2. The molecule has 0 saturated heterocycles. The molecule has 3 fully saturated rings. The minimum absolute atomic E-state index is 0.0827. The molecule has 2 bridgehead atoms. The van der Waals surface area contributed by atoms with Crippen molar-refractivity contribution in [2.75, 3.05) is 0 Å². The van der Waals surface area contributed by atoms with Gasteiger partial charge in [0, 0.05) is 29.9 Å². The number of aromatic nitrogens is 2. The maximum Gasteiger partial charge on any atom is 0.416 e. The number of hydrogen-bond donors (Lipinski definition) is 2. The molecule has 184 valence electrons. The fraction of sp³-hybridized carbons (Fsp3) is 0.423. The molecule has 3 aliphatic rings. The van der Waals surface area contributed by atoms with E-state index in [9.17, 15) is 27.9 Å². The molecule has 1 aromatic carbocycles. The lowest BCUT2D eigenvalue weighted by molar-refractivity contribution is -0.222. The number of nitrogens with one attached hydrogen (secondary N) is 1. The fourth-order valence-electron chi connectivity index (χ4n) is 6.08. The summed E-state index contributed by atoms with van der Waals surface area (Å²) in [6.45, 7) is 4.54. The number of rotatable bonds is 7. The highest BCUT2D eigenvalue weighted by Gasteiger charge is 2.74. The third kappa shape index (κ3) is 3.68. The highest BCUT2D eigenvalue weighted by molar-refractivity contribution is 6.08. The summed E-state index contributed by atoms with van der Waals surface area (Å²) in [7, 11) is 0. The highest BCUT2D eigenvalue weighted by atomic mass is 19.4. The molecular formula is C26H26F3N3O3. The number of aryl methyl sites for hydroxylation is 1. The summed E-state index contributed by atoms with van der Waals surface area (Å²) in [4.78, 5) is 29.1. The zero-order valence-electron chi connectivity index (χ0n) is 19.4. The van der Waals surface area contributed by atoms with E-state index in [4.69, 9.17) is 0 Å². The Morgan fingerprint density at radius 1 is 1.20 bits per heavy atom. The van der Waals surface area contributed by atoms with E-state index in [1.54, 1.807) is 18.5 Å². The first kappa shape index (κ1) is 23.4. The van der Waals surface area contributed by atoms with Crippen molar-refractivity contribution in [3.63, 3.8) is 0 Å². The second-order valence-electron chi connectivity index (χ2n) is 9.99. The van der Waals surface area contributed by atoms with Gasteiger partial charge in [0.25, 0.3) is 5.91 Å². The minimum atomic E-state index is -4.40. The zero-order chi connectivity index (χ0) is 25.2. The number of fused-ring (bicyclic) bond motifs is 1. The second-order valence-corrected chi connectivity index (χ2v) is 9.99. The Hall–Kier alpha value is -3.36. The van der Waals surface area contributed by atoms with Crippen molar-refractivity contribution < 1.29 is 27.9 Å². The molecule has 2 N–H and O–H groups in total. The van der Waals surface area contributed by atoms with Crippen molar-refractivity contribution in [1.82, 2.24) is 14.9 Å². The monoisotopic (exact) mass is 485 g/mol. The van der Waals surface area contributed by atoms with Crippen LogP contribution in [0.3, 0.4) is 0 Å². The zero-order valence-corrected chi connectivity index (χ0v) is 19.4. The molecular weight excluding hydrogens is 459 g/mol. The maximum atomic E-state index is 13.5. The largest absolute Gasteiger partial charge is 0.481 e. The summed E-state index contributed by atoms with van der Waals surface area (Å²) in [5.41, 5.74) is 1.31. The van der Waals surface area contributed by atoms with Gasteiger partial charge in [-0.15, -0.1) is 0 Å². The van der Waals surface area contributed by atoms with Crippen molar-refractivity contribution >= 4 is 22.9 Å². The summed E-state index contributed by atoms with van der Waals surface area (Å²) >= 11 is 0. The Morgan fingerprint density at radius 2 is 1.89 bits per heavy atom. The number of carboxylic acids is 1. The first-order valence-corrected chi connectivity index (χ1v) is 11.7. The summed E-state index contributed by atoms with van der Waals surface area (Å²) in [6, 6.07) is 6.84. The van der Waals surface area contributed by atoms with Crippen LogP contribution in [-0.4, -0.2) is 32.1 Å². The number of aliphatic carboxylic acids is 1. The van der Waals surface area contributed by atoms with Gasteiger partial charge in [-0.2, -0.15) is 13.2 Å². The average Bonchev–Trinajstić information content (AvgIpc) is 3.17. The lowest BCUT2D eigenvalue weighted by atomic mass is 9.32. The van der Waals surface area contributed by atoms with Gasteiger partial charge in [0.15, 0.2) is 0 Å². The van der Waals surface area contributed by atoms with Crippen molar-refractivity contribution in [2.24, 2.45) is 11.3 Å². The molecule has 1 amide bonds. The Morgan fingerprint density at radius 3 is 2.46 bits per heavy atom. The van der Waals surface area contributed by atoms with Crippen LogP contribution in [0, 0.1) is 11.3 Å². The molecule has 9 heteroatoms. The summed E-state index contributed by atoms with van der Waals surface area (Å²) in [6.07, 6.45) is 0.801. The van der Waals surface area contributed by atoms with E-state index in [1.807, 2.05) is 18.4 Å². The number of carboxylic acid groups (broad SMARTS) is 1. The average molecular weight is 486 g/mol. The Labute approximate surface area is 200 Å². The van der Waals surface area contributed by atoms with Crippen LogP contribution in [0.4, 0.5) is 13.2 Å². The molecule has 35 heavy (non-hydrogen) atoms. The van der Waals surface area contributed by atoms with Crippen molar-refractivity contribution in [3.05, 3.63) is 65.0 Å². The predicted molar refractivity (Wildman–Crippen MR) is 123 cm³/mol. The number of carbonyl (C=O) groups excluding carboxylic acids is 1. The molecule has 0 radical (unpaired) electrons. The van der Waals surface area contributed by atoms with Gasteiger partial charge in [0.2, 0.25) is 0 Å². The van der Waals surface area contributed by atoms with E-state index in [0.717, 1.165) is 17.7 Å². The lowest BCUT2D eigenvalue weighted by Gasteiger charge is -2.75. The van der Waals surface area contributed by atoms with Gasteiger partial charge in [0.1, 0.15) is 5.65 Å². The van der Waals surface area contributed by atoms with Crippen molar-refractivity contribution in [1.29, 1.82) is 0 Å². The topological polar surface area (TPSA) is 84.2 Å². The normalized spacial score (nSPS) is 25.1.